The van der Waals surface area contributed by atoms with Crippen molar-refractivity contribution in [2.24, 2.45) is 0 Å². The van der Waals surface area contributed by atoms with Gasteiger partial charge in [-0.1, -0.05) is 12.1 Å². The second-order valence-corrected chi connectivity index (χ2v) is 2.76. The smallest absolute Gasteiger partial charge is 0.151 e. The van der Waals surface area contributed by atoms with Gasteiger partial charge in [0.05, 0.1) is 0 Å². The largest absolute Gasteiger partial charge is 0.298 e. The molecule has 0 atom stereocenters. The number of aldehydes is 2. The lowest BCUT2D eigenvalue weighted by atomic mass is 9.99. The maximum Gasteiger partial charge on any atom is 0.151 e. The molecule has 62 valence electrons. The summed E-state index contributed by atoms with van der Waals surface area (Å²) in [5.41, 5.74) is 2.70. The van der Waals surface area contributed by atoms with Crippen LogP contribution in [-0.4, -0.2) is 12.6 Å². The van der Waals surface area contributed by atoms with Crippen molar-refractivity contribution in [2.75, 3.05) is 0 Å². The molecule has 0 spiro atoms. The van der Waals surface area contributed by atoms with Gasteiger partial charge in [0.15, 0.2) is 12.6 Å². The Morgan fingerprint density at radius 3 is 1.50 bits per heavy atom. The van der Waals surface area contributed by atoms with E-state index >= 15 is 0 Å². The first-order valence-corrected chi connectivity index (χ1v) is 3.71. The molecular weight excluding hydrogens is 152 g/mol. The van der Waals surface area contributed by atoms with Gasteiger partial charge in [0.25, 0.3) is 0 Å². The van der Waals surface area contributed by atoms with Gasteiger partial charge in [0, 0.05) is 11.1 Å². The number of aryl methyl sites for hydroxylation is 2. The van der Waals surface area contributed by atoms with E-state index in [-0.39, 0.29) is 0 Å². The Kier molecular flexibility index (Phi) is 2.38. The van der Waals surface area contributed by atoms with Crippen LogP contribution in [0.15, 0.2) is 12.1 Å². The lowest BCUT2D eigenvalue weighted by Crippen LogP contribution is -1.97. The Hall–Kier alpha value is -1.44. The van der Waals surface area contributed by atoms with Gasteiger partial charge in [-0.15, -0.1) is 0 Å². The third-order valence-electron chi connectivity index (χ3n) is 1.96. The number of hydrogen-bond donors (Lipinski definition) is 0. The molecule has 0 saturated carbocycles. The van der Waals surface area contributed by atoms with Crippen molar-refractivity contribution in [1.82, 2.24) is 0 Å². The molecule has 1 aromatic rings. The van der Waals surface area contributed by atoms with E-state index in [1.165, 1.54) is 0 Å². The van der Waals surface area contributed by atoms with Crippen molar-refractivity contribution in [3.8, 4) is 0 Å². The van der Waals surface area contributed by atoms with Gasteiger partial charge in [-0.05, 0) is 25.0 Å². The van der Waals surface area contributed by atoms with Crippen molar-refractivity contribution < 1.29 is 9.59 Å². The Morgan fingerprint density at radius 2 is 1.25 bits per heavy atom. The van der Waals surface area contributed by atoms with Crippen molar-refractivity contribution in [1.29, 1.82) is 0 Å². The minimum atomic E-state index is 0.505. The number of carbonyl (C=O) groups is 2. The maximum absolute atomic E-state index is 10.6. The van der Waals surface area contributed by atoms with Crippen LogP contribution in [0.25, 0.3) is 0 Å². The van der Waals surface area contributed by atoms with Crippen LogP contribution in [0.1, 0.15) is 31.8 Å². The monoisotopic (exact) mass is 162 g/mol. The zero-order valence-electron chi connectivity index (χ0n) is 7.13. The fraction of sp³-hybridized carbons (Fsp3) is 0.200. The highest BCUT2D eigenvalue weighted by molar-refractivity contribution is 5.92. The average Bonchev–Trinajstić information content (AvgIpc) is 2.08. The molecule has 0 N–H and O–H groups in total. The molecule has 0 heterocycles. The van der Waals surface area contributed by atoms with Gasteiger partial charge in [-0.3, -0.25) is 9.59 Å². The molecule has 0 amide bonds. The molecule has 1 aromatic carbocycles. The van der Waals surface area contributed by atoms with Gasteiger partial charge < -0.3 is 0 Å². The Morgan fingerprint density at radius 1 is 0.917 bits per heavy atom. The summed E-state index contributed by atoms with van der Waals surface area (Å²) >= 11 is 0. The van der Waals surface area contributed by atoms with E-state index in [2.05, 4.69) is 0 Å². The van der Waals surface area contributed by atoms with E-state index < -0.39 is 0 Å². The molecule has 0 fully saturated rings. The first kappa shape index (κ1) is 8.65. The molecular formula is C10H10O2. The quantitative estimate of drug-likeness (QED) is 0.622. The summed E-state index contributed by atoms with van der Waals surface area (Å²) in [5.74, 6) is 0. The average molecular weight is 162 g/mol. The summed E-state index contributed by atoms with van der Waals surface area (Å²) in [4.78, 5) is 21.2. The van der Waals surface area contributed by atoms with E-state index in [9.17, 15) is 9.59 Å². The Labute approximate surface area is 71.2 Å². The summed E-state index contributed by atoms with van der Waals surface area (Å²) < 4.78 is 0. The van der Waals surface area contributed by atoms with Crippen LogP contribution < -0.4 is 0 Å². The van der Waals surface area contributed by atoms with E-state index in [1.54, 1.807) is 0 Å². The summed E-state index contributed by atoms with van der Waals surface area (Å²) in [6.07, 6.45) is 1.46. The molecule has 0 bridgehead atoms. The van der Waals surface area contributed by atoms with Gasteiger partial charge in [-0.25, -0.2) is 0 Å². The first-order chi connectivity index (χ1) is 5.70. The third kappa shape index (κ3) is 1.28. The van der Waals surface area contributed by atoms with E-state index in [0.717, 1.165) is 23.7 Å². The van der Waals surface area contributed by atoms with E-state index in [4.69, 9.17) is 0 Å². The van der Waals surface area contributed by atoms with Crippen LogP contribution in [0.5, 0.6) is 0 Å². The normalized spacial score (nSPS) is 9.50. The van der Waals surface area contributed by atoms with Crippen molar-refractivity contribution >= 4 is 12.6 Å². The second kappa shape index (κ2) is 3.30. The highest BCUT2D eigenvalue weighted by Gasteiger charge is 2.05. The molecule has 0 aliphatic carbocycles. The highest BCUT2D eigenvalue weighted by Crippen LogP contribution is 2.14. The molecule has 0 aliphatic heterocycles. The fourth-order valence-electron chi connectivity index (χ4n) is 1.17. The number of benzene rings is 1. The van der Waals surface area contributed by atoms with Crippen LogP contribution in [0.2, 0.25) is 0 Å². The summed E-state index contributed by atoms with van der Waals surface area (Å²) in [6.45, 7) is 3.63. The minimum Gasteiger partial charge on any atom is -0.298 e. The SMILES string of the molecule is Cc1ccc(C)c(C=O)c1C=O. The van der Waals surface area contributed by atoms with Crippen LogP contribution in [0.4, 0.5) is 0 Å². The number of hydrogen-bond acceptors (Lipinski definition) is 2. The lowest BCUT2D eigenvalue weighted by molar-refractivity contribution is 0.109. The Bertz CT molecular complexity index is 294. The molecule has 0 saturated heterocycles. The highest BCUT2D eigenvalue weighted by atomic mass is 16.1. The predicted octanol–water partition coefficient (Wildman–Crippen LogP) is 1.93. The van der Waals surface area contributed by atoms with Crippen LogP contribution in [0.3, 0.4) is 0 Å². The van der Waals surface area contributed by atoms with Crippen LogP contribution in [0, 0.1) is 13.8 Å². The lowest BCUT2D eigenvalue weighted by Gasteiger charge is -2.04. The van der Waals surface area contributed by atoms with Crippen molar-refractivity contribution in [3.63, 3.8) is 0 Å². The van der Waals surface area contributed by atoms with Crippen molar-refractivity contribution in [2.45, 2.75) is 13.8 Å². The first-order valence-electron chi connectivity index (χ1n) is 3.71. The summed E-state index contributed by atoms with van der Waals surface area (Å²) in [7, 11) is 0. The zero-order valence-corrected chi connectivity index (χ0v) is 7.13. The number of carbonyl (C=O) groups excluding carboxylic acids is 2. The van der Waals surface area contributed by atoms with Gasteiger partial charge in [0.1, 0.15) is 0 Å². The van der Waals surface area contributed by atoms with Gasteiger partial charge in [-0.2, -0.15) is 0 Å². The molecule has 0 radical (unpaired) electrons. The minimum absolute atomic E-state index is 0.505. The van der Waals surface area contributed by atoms with Crippen LogP contribution in [-0.2, 0) is 0 Å². The molecule has 0 unspecified atom stereocenters. The molecule has 1 rings (SSSR count). The second-order valence-electron chi connectivity index (χ2n) is 2.76. The molecule has 2 nitrogen and oxygen atoms in total. The summed E-state index contributed by atoms with van der Waals surface area (Å²) in [5, 5.41) is 0. The van der Waals surface area contributed by atoms with Crippen molar-refractivity contribution in [3.05, 3.63) is 34.4 Å². The van der Waals surface area contributed by atoms with Crippen LogP contribution >= 0.6 is 0 Å². The third-order valence-corrected chi connectivity index (χ3v) is 1.96. The molecule has 2 heteroatoms. The molecule has 0 aromatic heterocycles. The Balaban J connectivity index is 3.48. The fourth-order valence-corrected chi connectivity index (χ4v) is 1.17. The topological polar surface area (TPSA) is 34.1 Å². The number of rotatable bonds is 2. The standard InChI is InChI=1S/C10H10O2/c1-7-3-4-8(2)10(6-12)9(7)5-11/h3-6H,1-2H3. The zero-order chi connectivity index (χ0) is 9.14. The van der Waals surface area contributed by atoms with E-state index in [0.29, 0.717) is 11.1 Å². The molecule has 0 aliphatic rings. The van der Waals surface area contributed by atoms with Gasteiger partial charge in [0.2, 0.25) is 0 Å². The maximum atomic E-state index is 10.6. The van der Waals surface area contributed by atoms with E-state index in [1.807, 2.05) is 26.0 Å². The predicted molar refractivity (Wildman–Crippen MR) is 46.7 cm³/mol. The molecule has 12 heavy (non-hydrogen) atoms. The summed E-state index contributed by atoms with van der Waals surface area (Å²) in [6, 6.07) is 3.68. The van der Waals surface area contributed by atoms with Gasteiger partial charge >= 0.3 is 0 Å².